The van der Waals surface area contributed by atoms with Gasteiger partial charge in [0.25, 0.3) is 0 Å². The van der Waals surface area contributed by atoms with Crippen LogP contribution in [0.3, 0.4) is 0 Å². The van der Waals surface area contributed by atoms with E-state index in [1.165, 1.54) is 19.9 Å². The number of allylic oxidation sites excluding steroid dienone is 1. The molecule has 154 valence electrons. The summed E-state index contributed by atoms with van der Waals surface area (Å²) in [4.78, 5) is 28.3. The molecular weight excluding hydrogens is 380 g/mol. The molecule has 0 radical (unpaired) electrons. The van der Waals surface area contributed by atoms with Crippen molar-refractivity contribution in [3.05, 3.63) is 70.8 Å². The van der Waals surface area contributed by atoms with Gasteiger partial charge in [0.2, 0.25) is 0 Å². The molecular formula is C24H24N2O4. The van der Waals surface area contributed by atoms with Crippen LogP contribution in [0.1, 0.15) is 40.9 Å². The summed E-state index contributed by atoms with van der Waals surface area (Å²) in [6.45, 7) is 6.68. The zero-order chi connectivity index (χ0) is 22.1. The highest BCUT2D eigenvalue weighted by molar-refractivity contribution is 6.11. The largest absolute Gasteiger partial charge is 0.478 e. The average molecular weight is 404 g/mol. The smallest absolute Gasteiger partial charge is 0.347 e. The minimum absolute atomic E-state index is 0.190. The minimum Gasteiger partial charge on any atom is -0.478 e. The first-order chi connectivity index (χ1) is 14.1. The molecule has 0 unspecified atom stereocenters. The molecule has 0 aliphatic rings. The van der Waals surface area contributed by atoms with Gasteiger partial charge in [0, 0.05) is 5.39 Å². The molecule has 3 rings (SSSR count). The van der Waals surface area contributed by atoms with Gasteiger partial charge in [0.15, 0.2) is 11.4 Å². The Labute approximate surface area is 175 Å². The number of carboxylic acid groups (broad SMARTS) is 1. The second-order valence-corrected chi connectivity index (χ2v) is 7.71. The number of aryl methyl sites for hydroxylation is 2. The zero-order valence-electron chi connectivity index (χ0n) is 17.4. The molecule has 0 amide bonds. The summed E-state index contributed by atoms with van der Waals surface area (Å²) in [7, 11) is 0. The van der Waals surface area contributed by atoms with Crippen LogP contribution in [0.5, 0.6) is 5.75 Å². The summed E-state index contributed by atoms with van der Waals surface area (Å²) >= 11 is 0. The molecule has 3 N–H and O–H groups in total. The monoisotopic (exact) mass is 404 g/mol. The summed E-state index contributed by atoms with van der Waals surface area (Å²) in [5.41, 5.74) is 8.08. The molecule has 0 saturated carbocycles. The molecule has 1 aromatic heterocycles. The van der Waals surface area contributed by atoms with E-state index < -0.39 is 11.6 Å². The van der Waals surface area contributed by atoms with E-state index in [1.54, 1.807) is 12.1 Å². The van der Waals surface area contributed by atoms with Crippen LogP contribution in [-0.2, 0) is 4.79 Å². The number of pyridine rings is 1. The number of ketones is 1. The Morgan fingerprint density at radius 3 is 2.37 bits per heavy atom. The van der Waals surface area contributed by atoms with E-state index in [1.807, 2.05) is 50.2 Å². The lowest BCUT2D eigenvalue weighted by molar-refractivity contribution is -0.152. The molecule has 0 spiro atoms. The normalized spacial score (nSPS) is 11.7. The highest BCUT2D eigenvalue weighted by Gasteiger charge is 2.30. The summed E-state index contributed by atoms with van der Waals surface area (Å²) < 4.78 is 5.72. The van der Waals surface area contributed by atoms with Crippen LogP contribution in [0.2, 0.25) is 0 Å². The molecule has 0 aliphatic heterocycles. The highest BCUT2D eigenvalue weighted by Crippen LogP contribution is 2.29. The topological polar surface area (TPSA) is 103 Å². The Morgan fingerprint density at radius 2 is 1.73 bits per heavy atom. The Morgan fingerprint density at radius 1 is 1.10 bits per heavy atom. The van der Waals surface area contributed by atoms with Crippen molar-refractivity contribution < 1.29 is 19.4 Å². The molecule has 0 bridgehead atoms. The van der Waals surface area contributed by atoms with Crippen LogP contribution in [0.4, 0.5) is 5.82 Å². The van der Waals surface area contributed by atoms with Gasteiger partial charge in [-0.25, -0.2) is 9.78 Å². The lowest BCUT2D eigenvalue weighted by Crippen LogP contribution is -2.38. The Balaban J connectivity index is 1.87. The predicted octanol–water partition coefficient (Wildman–Crippen LogP) is 4.57. The Kier molecular flexibility index (Phi) is 5.60. The SMILES string of the molecule is Cc1cc(/C=C/C(=O)c2cc3ccccc3nc2N)cc(C)c1OC(C)(C)C(=O)O. The maximum absolute atomic E-state index is 12.7. The van der Waals surface area contributed by atoms with Crippen molar-refractivity contribution in [2.45, 2.75) is 33.3 Å². The molecule has 6 heteroatoms. The highest BCUT2D eigenvalue weighted by atomic mass is 16.5. The van der Waals surface area contributed by atoms with Crippen LogP contribution >= 0.6 is 0 Å². The standard InChI is InChI=1S/C24H24N2O4/c1-14-11-16(12-15(2)21(14)30-24(3,4)23(28)29)9-10-20(27)18-13-17-7-5-6-8-19(17)26-22(18)25/h5-13H,1-4H3,(H2,25,26)(H,28,29)/b10-9+. The van der Waals surface area contributed by atoms with Crippen LogP contribution < -0.4 is 10.5 Å². The molecule has 0 saturated heterocycles. The fourth-order valence-electron chi connectivity index (χ4n) is 3.13. The van der Waals surface area contributed by atoms with Crippen molar-refractivity contribution in [1.82, 2.24) is 4.98 Å². The van der Waals surface area contributed by atoms with Gasteiger partial charge < -0.3 is 15.6 Å². The van der Waals surface area contributed by atoms with Gasteiger partial charge in [0.1, 0.15) is 11.6 Å². The number of hydrogen-bond acceptors (Lipinski definition) is 5. The van der Waals surface area contributed by atoms with Crippen molar-refractivity contribution in [2.24, 2.45) is 0 Å². The minimum atomic E-state index is -1.34. The number of rotatable bonds is 6. The van der Waals surface area contributed by atoms with Crippen LogP contribution in [0, 0.1) is 13.8 Å². The summed E-state index contributed by atoms with van der Waals surface area (Å²) in [6, 6.07) is 12.9. The molecule has 30 heavy (non-hydrogen) atoms. The number of aromatic nitrogens is 1. The van der Waals surface area contributed by atoms with Crippen molar-refractivity contribution in [1.29, 1.82) is 0 Å². The fourth-order valence-corrected chi connectivity index (χ4v) is 3.13. The number of hydrogen-bond donors (Lipinski definition) is 2. The molecule has 0 aliphatic carbocycles. The van der Waals surface area contributed by atoms with E-state index in [2.05, 4.69) is 4.98 Å². The van der Waals surface area contributed by atoms with Gasteiger partial charge in [-0.15, -0.1) is 0 Å². The predicted molar refractivity (Wildman–Crippen MR) is 118 cm³/mol. The average Bonchev–Trinajstić information content (AvgIpc) is 2.68. The first-order valence-electron chi connectivity index (χ1n) is 9.50. The van der Waals surface area contributed by atoms with Gasteiger partial charge in [0.05, 0.1) is 11.1 Å². The van der Waals surface area contributed by atoms with Crippen LogP contribution in [0.25, 0.3) is 17.0 Å². The van der Waals surface area contributed by atoms with Crippen LogP contribution in [0.15, 0.2) is 48.5 Å². The fraction of sp³-hybridized carbons (Fsp3) is 0.208. The third-order valence-corrected chi connectivity index (χ3v) is 4.80. The number of aliphatic carboxylic acids is 1. The number of carboxylic acids is 1. The number of nitrogens with two attached hydrogens (primary N) is 1. The number of nitrogens with zero attached hydrogens (tertiary/aromatic N) is 1. The van der Waals surface area contributed by atoms with Gasteiger partial charge >= 0.3 is 5.97 Å². The number of para-hydroxylation sites is 1. The zero-order valence-corrected chi connectivity index (χ0v) is 17.4. The number of carbonyl (C=O) groups is 2. The van der Waals surface area contributed by atoms with Crippen molar-refractivity contribution in [3.63, 3.8) is 0 Å². The quantitative estimate of drug-likeness (QED) is 0.461. The molecule has 3 aromatic rings. The van der Waals surface area contributed by atoms with Gasteiger partial charge in [-0.2, -0.15) is 0 Å². The Bertz CT molecular complexity index is 1160. The first-order valence-corrected chi connectivity index (χ1v) is 9.50. The number of anilines is 1. The number of ether oxygens (including phenoxy) is 1. The maximum atomic E-state index is 12.7. The third-order valence-electron chi connectivity index (χ3n) is 4.80. The summed E-state index contributed by atoms with van der Waals surface area (Å²) in [5.74, 6) is -0.574. The molecule has 1 heterocycles. The van der Waals surface area contributed by atoms with Gasteiger partial charge in [-0.05, 0) is 74.7 Å². The number of fused-ring (bicyclic) bond motifs is 1. The summed E-state index contributed by atoms with van der Waals surface area (Å²) in [5, 5.41) is 10.1. The number of benzene rings is 2. The summed E-state index contributed by atoms with van der Waals surface area (Å²) in [6.07, 6.45) is 3.15. The second-order valence-electron chi connectivity index (χ2n) is 7.71. The van der Waals surface area contributed by atoms with Crippen LogP contribution in [-0.4, -0.2) is 27.4 Å². The maximum Gasteiger partial charge on any atom is 0.347 e. The first kappa shape index (κ1) is 21.0. The van der Waals surface area contributed by atoms with Gasteiger partial charge in [-0.3, -0.25) is 4.79 Å². The number of carbonyl (C=O) groups excluding carboxylic acids is 1. The third kappa shape index (κ3) is 4.33. The van der Waals surface area contributed by atoms with Crippen molar-refractivity contribution >= 4 is 34.5 Å². The van der Waals surface area contributed by atoms with Crippen molar-refractivity contribution in [2.75, 3.05) is 5.73 Å². The van der Waals surface area contributed by atoms with E-state index in [4.69, 9.17) is 10.5 Å². The molecule has 2 aromatic carbocycles. The lowest BCUT2D eigenvalue weighted by Gasteiger charge is -2.24. The number of nitrogen functional groups attached to an aromatic ring is 1. The van der Waals surface area contributed by atoms with E-state index in [9.17, 15) is 14.7 Å². The van der Waals surface area contributed by atoms with E-state index in [0.29, 0.717) is 11.3 Å². The molecule has 6 nitrogen and oxygen atoms in total. The Hall–Kier alpha value is -3.67. The van der Waals surface area contributed by atoms with E-state index in [0.717, 1.165) is 27.6 Å². The van der Waals surface area contributed by atoms with E-state index in [-0.39, 0.29) is 11.6 Å². The second kappa shape index (κ2) is 7.99. The van der Waals surface area contributed by atoms with E-state index >= 15 is 0 Å². The van der Waals surface area contributed by atoms with Crippen molar-refractivity contribution in [3.8, 4) is 5.75 Å². The molecule has 0 fully saturated rings. The lowest BCUT2D eigenvalue weighted by atomic mass is 10.0. The van der Waals surface area contributed by atoms with Gasteiger partial charge in [-0.1, -0.05) is 24.3 Å². The molecule has 0 atom stereocenters.